The van der Waals surface area contributed by atoms with Gasteiger partial charge in [-0.05, 0) is 61.7 Å². The zero-order valence-electron chi connectivity index (χ0n) is 13.3. The van der Waals surface area contributed by atoms with Crippen molar-refractivity contribution in [3.05, 3.63) is 63.1 Å². The van der Waals surface area contributed by atoms with Gasteiger partial charge in [-0.2, -0.15) is 0 Å². The Balaban J connectivity index is 1.93. The number of ether oxygens (including phenoxy) is 1. The van der Waals surface area contributed by atoms with Crippen LogP contribution in [0.4, 0.5) is 0 Å². The van der Waals surface area contributed by atoms with E-state index in [1.165, 1.54) is 0 Å². The van der Waals surface area contributed by atoms with E-state index >= 15 is 0 Å². The van der Waals surface area contributed by atoms with Crippen molar-refractivity contribution in [2.45, 2.75) is 33.4 Å². The quantitative estimate of drug-likeness (QED) is 0.848. The van der Waals surface area contributed by atoms with E-state index in [9.17, 15) is 4.79 Å². The molecule has 0 aliphatic heterocycles. The molecule has 1 amide bonds. The van der Waals surface area contributed by atoms with Crippen LogP contribution in [0.5, 0.6) is 5.75 Å². The molecule has 2 aromatic carbocycles. The van der Waals surface area contributed by atoms with Crippen molar-refractivity contribution >= 4 is 29.1 Å². The Morgan fingerprint density at radius 2 is 1.70 bits per heavy atom. The van der Waals surface area contributed by atoms with Gasteiger partial charge in [0.05, 0.1) is 0 Å². The lowest BCUT2D eigenvalue weighted by Crippen LogP contribution is -2.35. The molecule has 1 atom stereocenters. The smallest absolute Gasteiger partial charge is 0.261 e. The maximum absolute atomic E-state index is 12.1. The molecule has 0 fully saturated rings. The highest BCUT2D eigenvalue weighted by Gasteiger charge is 2.15. The highest BCUT2D eigenvalue weighted by atomic mass is 35.5. The number of halogens is 2. The highest BCUT2D eigenvalue weighted by Crippen LogP contribution is 2.26. The van der Waals surface area contributed by atoms with E-state index in [2.05, 4.69) is 5.32 Å². The minimum Gasteiger partial charge on any atom is -0.481 e. The van der Waals surface area contributed by atoms with Crippen molar-refractivity contribution in [1.82, 2.24) is 5.32 Å². The lowest BCUT2D eigenvalue weighted by atomic mass is 10.1. The van der Waals surface area contributed by atoms with E-state index in [1.807, 2.05) is 38.1 Å². The fourth-order valence-corrected chi connectivity index (χ4v) is 2.40. The van der Waals surface area contributed by atoms with Crippen molar-refractivity contribution in [3.63, 3.8) is 0 Å². The van der Waals surface area contributed by atoms with Gasteiger partial charge in [0, 0.05) is 16.6 Å². The second kappa shape index (κ2) is 7.71. The average Bonchev–Trinajstić information content (AvgIpc) is 2.51. The Hall–Kier alpha value is -1.71. The summed E-state index contributed by atoms with van der Waals surface area (Å²) in [5.41, 5.74) is 2.83. The molecule has 3 nitrogen and oxygen atoms in total. The molecular formula is C18H19Cl2NO2. The summed E-state index contributed by atoms with van der Waals surface area (Å²) in [5, 5.41) is 4.24. The largest absolute Gasteiger partial charge is 0.481 e. The standard InChI is InChI=1S/C18H19Cl2NO2/c1-11-8-16(9-12(2)17(11)20)23-13(3)18(22)21-10-14-4-6-15(19)7-5-14/h4-9,13H,10H2,1-3H3,(H,21,22). The first-order valence-corrected chi connectivity index (χ1v) is 8.08. The van der Waals surface area contributed by atoms with Crippen LogP contribution in [0.15, 0.2) is 36.4 Å². The van der Waals surface area contributed by atoms with E-state index in [0.29, 0.717) is 17.3 Å². The highest BCUT2D eigenvalue weighted by molar-refractivity contribution is 6.32. The molecular weight excluding hydrogens is 333 g/mol. The monoisotopic (exact) mass is 351 g/mol. The lowest BCUT2D eigenvalue weighted by molar-refractivity contribution is -0.127. The third kappa shape index (κ3) is 4.88. The van der Waals surface area contributed by atoms with Gasteiger partial charge in [-0.15, -0.1) is 0 Å². The molecule has 1 N–H and O–H groups in total. The van der Waals surface area contributed by atoms with Gasteiger partial charge in [0.2, 0.25) is 0 Å². The molecule has 23 heavy (non-hydrogen) atoms. The van der Waals surface area contributed by atoms with E-state index in [-0.39, 0.29) is 5.91 Å². The minimum atomic E-state index is -0.595. The summed E-state index contributed by atoms with van der Waals surface area (Å²) >= 11 is 12.0. The predicted octanol–water partition coefficient (Wildman–Crippen LogP) is 4.69. The number of carbonyl (C=O) groups excluding carboxylic acids is 1. The first-order chi connectivity index (χ1) is 10.9. The number of amides is 1. The molecule has 0 spiro atoms. The first kappa shape index (κ1) is 17.6. The molecule has 0 saturated heterocycles. The van der Waals surface area contributed by atoms with Crippen LogP contribution in [-0.2, 0) is 11.3 Å². The second-order valence-electron chi connectivity index (χ2n) is 5.48. The predicted molar refractivity (Wildman–Crippen MR) is 94.3 cm³/mol. The summed E-state index contributed by atoms with van der Waals surface area (Å²) in [4.78, 5) is 12.1. The maximum Gasteiger partial charge on any atom is 0.261 e. The number of hydrogen-bond acceptors (Lipinski definition) is 2. The maximum atomic E-state index is 12.1. The van der Waals surface area contributed by atoms with Gasteiger partial charge in [-0.25, -0.2) is 0 Å². The molecule has 0 radical (unpaired) electrons. The van der Waals surface area contributed by atoms with E-state index in [4.69, 9.17) is 27.9 Å². The van der Waals surface area contributed by atoms with Gasteiger partial charge in [-0.3, -0.25) is 4.79 Å². The average molecular weight is 352 g/mol. The van der Waals surface area contributed by atoms with Crippen LogP contribution in [0, 0.1) is 13.8 Å². The van der Waals surface area contributed by atoms with E-state index in [1.54, 1.807) is 19.1 Å². The molecule has 122 valence electrons. The molecule has 1 unspecified atom stereocenters. The number of carbonyl (C=O) groups is 1. The minimum absolute atomic E-state index is 0.176. The van der Waals surface area contributed by atoms with Gasteiger partial charge >= 0.3 is 0 Å². The Kier molecular flexibility index (Phi) is 5.91. The second-order valence-corrected chi connectivity index (χ2v) is 6.29. The summed E-state index contributed by atoms with van der Waals surface area (Å²) in [5.74, 6) is 0.462. The molecule has 0 heterocycles. The van der Waals surface area contributed by atoms with Crippen molar-refractivity contribution in [1.29, 1.82) is 0 Å². The third-order valence-corrected chi connectivity index (χ3v) is 4.32. The third-order valence-electron chi connectivity index (χ3n) is 3.47. The van der Waals surface area contributed by atoms with Crippen LogP contribution in [0.3, 0.4) is 0 Å². The zero-order valence-corrected chi connectivity index (χ0v) is 14.8. The molecule has 0 aromatic heterocycles. The van der Waals surface area contributed by atoms with Crippen molar-refractivity contribution in [2.24, 2.45) is 0 Å². The normalized spacial score (nSPS) is 11.9. The lowest BCUT2D eigenvalue weighted by Gasteiger charge is -2.16. The Morgan fingerprint density at radius 1 is 1.13 bits per heavy atom. The molecule has 2 rings (SSSR count). The zero-order chi connectivity index (χ0) is 17.0. The molecule has 5 heteroatoms. The van der Waals surface area contributed by atoms with Gasteiger partial charge in [0.25, 0.3) is 5.91 Å². The Morgan fingerprint density at radius 3 is 2.26 bits per heavy atom. The van der Waals surface area contributed by atoms with E-state index in [0.717, 1.165) is 21.7 Å². The summed E-state index contributed by atoms with van der Waals surface area (Å²) in [6.45, 7) is 5.97. The van der Waals surface area contributed by atoms with Gasteiger partial charge in [0.1, 0.15) is 5.75 Å². The van der Waals surface area contributed by atoms with Crippen LogP contribution >= 0.6 is 23.2 Å². The molecule has 0 aliphatic rings. The molecule has 0 saturated carbocycles. The summed E-state index contributed by atoms with van der Waals surface area (Å²) in [7, 11) is 0. The summed E-state index contributed by atoms with van der Waals surface area (Å²) in [6, 6.07) is 11.0. The fraction of sp³-hybridized carbons (Fsp3) is 0.278. The summed E-state index contributed by atoms with van der Waals surface area (Å²) in [6.07, 6.45) is -0.595. The first-order valence-electron chi connectivity index (χ1n) is 7.32. The van der Waals surface area contributed by atoms with Crippen molar-refractivity contribution in [2.75, 3.05) is 0 Å². The fourth-order valence-electron chi connectivity index (χ4n) is 2.17. The number of hydrogen-bond donors (Lipinski definition) is 1. The number of benzene rings is 2. The van der Waals surface area contributed by atoms with Crippen LogP contribution < -0.4 is 10.1 Å². The number of nitrogens with one attached hydrogen (secondary N) is 1. The topological polar surface area (TPSA) is 38.3 Å². The van der Waals surface area contributed by atoms with Gasteiger partial charge in [-0.1, -0.05) is 35.3 Å². The SMILES string of the molecule is Cc1cc(OC(C)C(=O)NCc2ccc(Cl)cc2)cc(C)c1Cl. The Bertz CT molecular complexity index is 676. The van der Waals surface area contributed by atoms with Crippen LogP contribution in [0.1, 0.15) is 23.6 Å². The van der Waals surface area contributed by atoms with Gasteiger partial charge in [0.15, 0.2) is 6.10 Å². The van der Waals surface area contributed by atoms with Crippen LogP contribution in [0.25, 0.3) is 0 Å². The van der Waals surface area contributed by atoms with E-state index < -0.39 is 6.10 Å². The van der Waals surface area contributed by atoms with Crippen molar-refractivity contribution < 1.29 is 9.53 Å². The molecule has 0 aliphatic carbocycles. The van der Waals surface area contributed by atoms with Crippen molar-refractivity contribution in [3.8, 4) is 5.75 Å². The number of rotatable bonds is 5. The van der Waals surface area contributed by atoms with Gasteiger partial charge < -0.3 is 10.1 Å². The summed E-state index contributed by atoms with van der Waals surface area (Å²) < 4.78 is 5.71. The van der Waals surface area contributed by atoms with Crippen LogP contribution in [-0.4, -0.2) is 12.0 Å². The van der Waals surface area contributed by atoms with Crippen LogP contribution in [0.2, 0.25) is 10.0 Å². The molecule has 2 aromatic rings. The Labute approximate surface area is 146 Å². The number of aryl methyl sites for hydroxylation is 2. The molecule has 0 bridgehead atoms.